The summed E-state index contributed by atoms with van der Waals surface area (Å²) in [7, 11) is 0. The Labute approximate surface area is 65.2 Å². The lowest BCUT2D eigenvalue weighted by molar-refractivity contribution is -0.137. The molecule has 0 spiro atoms. The number of amides is 1. The van der Waals surface area contributed by atoms with Crippen LogP contribution in [-0.4, -0.2) is 25.5 Å². The minimum absolute atomic E-state index is 0.350. The summed E-state index contributed by atoms with van der Waals surface area (Å²) < 4.78 is 4.58. The van der Waals surface area contributed by atoms with Crippen molar-refractivity contribution < 1.29 is 14.3 Å². The van der Waals surface area contributed by atoms with E-state index in [0.717, 1.165) is 0 Å². The summed E-state index contributed by atoms with van der Waals surface area (Å²) in [4.78, 5) is 20.3. The number of hydrogen-bond acceptors (Lipinski definition) is 3. The number of carbonyl (C=O) groups is 2. The van der Waals surface area contributed by atoms with Crippen LogP contribution in [0.3, 0.4) is 0 Å². The maximum absolute atomic E-state index is 10.6. The number of carbonyl (C=O) groups excluding carboxylic acids is 2. The zero-order valence-electron chi connectivity index (χ0n) is 6.37. The summed E-state index contributed by atoms with van der Waals surface area (Å²) in [5, 5.41) is 2.37. The molecule has 1 N–H and O–H groups in total. The molecule has 11 heavy (non-hydrogen) atoms. The van der Waals surface area contributed by atoms with E-state index >= 15 is 0 Å². The maximum atomic E-state index is 10.6. The second-order valence-electron chi connectivity index (χ2n) is 1.68. The maximum Gasteiger partial charge on any atom is 0.330 e. The average molecular weight is 157 g/mol. The molecule has 0 aromatic carbocycles. The first-order valence-electron chi connectivity index (χ1n) is 3.31. The van der Waals surface area contributed by atoms with Gasteiger partial charge in [-0.05, 0) is 6.92 Å². The number of nitrogens with one attached hydrogen (secondary N) is 1. The molecule has 0 fully saturated rings. The molecule has 0 atom stereocenters. The van der Waals surface area contributed by atoms with Crippen molar-refractivity contribution in [2.75, 3.05) is 13.2 Å². The van der Waals surface area contributed by atoms with Gasteiger partial charge in [0.15, 0.2) is 0 Å². The Morgan fingerprint density at radius 2 is 2.36 bits per heavy atom. The Morgan fingerprint density at radius 1 is 1.64 bits per heavy atom. The Bertz CT molecular complexity index is 154. The second-order valence-corrected chi connectivity index (χ2v) is 1.68. The van der Waals surface area contributed by atoms with Gasteiger partial charge in [0.05, 0.1) is 6.61 Å². The van der Waals surface area contributed by atoms with Crippen molar-refractivity contribution in [1.29, 1.82) is 0 Å². The van der Waals surface area contributed by atoms with Crippen molar-refractivity contribution in [1.82, 2.24) is 5.32 Å². The molecule has 0 rings (SSSR count). The van der Waals surface area contributed by atoms with Crippen molar-refractivity contribution in [3.05, 3.63) is 12.2 Å². The zero-order chi connectivity index (χ0) is 8.53. The third-order valence-electron chi connectivity index (χ3n) is 0.860. The third-order valence-corrected chi connectivity index (χ3v) is 0.860. The first-order valence-corrected chi connectivity index (χ1v) is 3.31. The lowest BCUT2D eigenvalue weighted by Crippen LogP contribution is -2.10. The highest BCUT2D eigenvalue weighted by molar-refractivity contribution is 5.81. The third kappa shape index (κ3) is 6.57. The average Bonchev–Trinajstić information content (AvgIpc) is 1.99. The van der Waals surface area contributed by atoms with Gasteiger partial charge in [-0.15, -0.1) is 0 Å². The fourth-order valence-electron chi connectivity index (χ4n) is 0.462. The van der Waals surface area contributed by atoms with Crippen molar-refractivity contribution >= 4 is 12.4 Å². The van der Waals surface area contributed by atoms with Crippen molar-refractivity contribution in [3.63, 3.8) is 0 Å². The van der Waals surface area contributed by atoms with Gasteiger partial charge in [0.25, 0.3) is 0 Å². The van der Waals surface area contributed by atoms with Crippen LogP contribution in [0, 0.1) is 0 Å². The first kappa shape index (κ1) is 9.68. The fourth-order valence-corrected chi connectivity index (χ4v) is 0.462. The molecule has 1 amide bonds. The van der Waals surface area contributed by atoms with Crippen molar-refractivity contribution in [2.24, 2.45) is 0 Å². The molecule has 0 radical (unpaired) electrons. The normalized spacial score (nSPS) is 9.55. The van der Waals surface area contributed by atoms with Gasteiger partial charge in [0, 0.05) is 12.6 Å². The van der Waals surface area contributed by atoms with E-state index < -0.39 is 0 Å². The van der Waals surface area contributed by atoms with E-state index in [0.29, 0.717) is 19.6 Å². The Balaban J connectivity index is 3.39. The highest BCUT2D eigenvalue weighted by atomic mass is 16.5. The summed E-state index contributed by atoms with van der Waals surface area (Å²) in [6.45, 7) is 2.45. The predicted molar refractivity (Wildman–Crippen MR) is 39.8 cm³/mol. The van der Waals surface area contributed by atoms with Crippen LogP contribution in [0.2, 0.25) is 0 Å². The first-order chi connectivity index (χ1) is 5.31. The minimum Gasteiger partial charge on any atom is -0.463 e. The number of rotatable bonds is 5. The van der Waals surface area contributed by atoms with Crippen LogP contribution < -0.4 is 5.32 Å². The van der Waals surface area contributed by atoms with E-state index in [1.165, 1.54) is 12.2 Å². The van der Waals surface area contributed by atoms with Gasteiger partial charge in [0.2, 0.25) is 6.41 Å². The number of hydrogen-bond donors (Lipinski definition) is 1. The van der Waals surface area contributed by atoms with Crippen LogP contribution >= 0.6 is 0 Å². The molecule has 0 aromatic rings. The van der Waals surface area contributed by atoms with Crippen molar-refractivity contribution in [3.8, 4) is 0 Å². The smallest absolute Gasteiger partial charge is 0.330 e. The molecule has 0 bridgehead atoms. The number of esters is 1. The molecule has 0 aliphatic carbocycles. The molecule has 0 saturated heterocycles. The van der Waals surface area contributed by atoms with Gasteiger partial charge in [-0.3, -0.25) is 4.79 Å². The molecule has 4 heteroatoms. The lowest BCUT2D eigenvalue weighted by atomic mass is 10.5. The van der Waals surface area contributed by atoms with Gasteiger partial charge in [-0.2, -0.15) is 0 Å². The molecule has 0 aromatic heterocycles. The van der Waals surface area contributed by atoms with E-state index in [-0.39, 0.29) is 5.97 Å². The highest BCUT2D eigenvalue weighted by Gasteiger charge is 1.90. The van der Waals surface area contributed by atoms with E-state index in [4.69, 9.17) is 0 Å². The fraction of sp³-hybridized carbons (Fsp3) is 0.429. The largest absolute Gasteiger partial charge is 0.463 e. The van der Waals surface area contributed by atoms with Crippen LogP contribution in [0.1, 0.15) is 6.92 Å². The van der Waals surface area contributed by atoms with E-state index in [9.17, 15) is 9.59 Å². The molecule has 0 aliphatic heterocycles. The molecule has 62 valence electrons. The lowest BCUT2D eigenvalue weighted by Gasteiger charge is -1.93. The van der Waals surface area contributed by atoms with Gasteiger partial charge in [0.1, 0.15) is 0 Å². The van der Waals surface area contributed by atoms with Gasteiger partial charge >= 0.3 is 5.97 Å². The highest BCUT2D eigenvalue weighted by Crippen LogP contribution is 1.79. The summed E-state index contributed by atoms with van der Waals surface area (Å²) in [5.41, 5.74) is 0. The molecule has 0 aliphatic rings. The Morgan fingerprint density at radius 3 is 2.91 bits per heavy atom. The van der Waals surface area contributed by atoms with Crippen LogP contribution in [0.15, 0.2) is 12.2 Å². The van der Waals surface area contributed by atoms with Crippen molar-refractivity contribution in [2.45, 2.75) is 6.92 Å². The van der Waals surface area contributed by atoms with Crippen LogP contribution in [0.25, 0.3) is 0 Å². The monoisotopic (exact) mass is 157 g/mol. The molecular formula is C7H11NO3. The minimum atomic E-state index is -0.389. The second kappa shape index (κ2) is 6.80. The summed E-state index contributed by atoms with van der Waals surface area (Å²) in [6.07, 6.45) is 3.36. The topological polar surface area (TPSA) is 55.4 Å². The SMILES string of the molecule is CCOC(=O)/C=C/CNC=O. The number of ether oxygens (including phenoxy) is 1. The quantitative estimate of drug-likeness (QED) is 0.261. The Kier molecular flexibility index (Phi) is 5.98. The van der Waals surface area contributed by atoms with Gasteiger partial charge in [-0.25, -0.2) is 4.79 Å². The van der Waals surface area contributed by atoms with E-state index in [2.05, 4.69) is 10.1 Å². The summed E-state index contributed by atoms with van der Waals surface area (Å²) in [6, 6.07) is 0. The van der Waals surface area contributed by atoms with Crippen LogP contribution in [-0.2, 0) is 14.3 Å². The molecule has 0 unspecified atom stereocenters. The molecule has 0 heterocycles. The van der Waals surface area contributed by atoms with E-state index in [1.54, 1.807) is 6.92 Å². The van der Waals surface area contributed by atoms with E-state index in [1.807, 2.05) is 0 Å². The van der Waals surface area contributed by atoms with Crippen LogP contribution in [0.4, 0.5) is 0 Å². The summed E-state index contributed by atoms with van der Waals surface area (Å²) in [5.74, 6) is -0.389. The van der Waals surface area contributed by atoms with Gasteiger partial charge < -0.3 is 10.1 Å². The zero-order valence-corrected chi connectivity index (χ0v) is 6.37. The molecule has 0 saturated carbocycles. The molecule has 4 nitrogen and oxygen atoms in total. The van der Waals surface area contributed by atoms with Crippen LogP contribution in [0.5, 0.6) is 0 Å². The Hall–Kier alpha value is -1.32. The standard InChI is InChI=1S/C7H11NO3/c1-2-11-7(10)4-3-5-8-6-9/h3-4,6H,2,5H2,1H3,(H,8,9)/b4-3+. The summed E-state index contributed by atoms with van der Waals surface area (Å²) >= 11 is 0. The predicted octanol–water partition coefficient (Wildman–Crippen LogP) is -0.148. The van der Waals surface area contributed by atoms with Gasteiger partial charge in [-0.1, -0.05) is 6.08 Å². The molecular weight excluding hydrogens is 146 g/mol.